The topological polar surface area (TPSA) is 42.1 Å². The Bertz CT molecular complexity index is 938. The zero-order valence-corrected chi connectivity index (χ0v) is 15.3. The maximum atomic E-state index is 13.4. The lowest BCUT2D eigenvalue weighted by molar-refractivity contribution is 0.0992. The van der Waals surface area contributed by atoms with Crippen LogP contribution in [0, 0.1) is 12.7 Å². The number of nitrogens with one attached hydrogen (secondary N) is 1. The van der Waals surface area contributed by atoms with Gasteiger partial charge in [0.15, 0.2) is 5.78 Å². The number of benzene rings is 2. The molecule has 0 bridgehead atoms. The quantitative estimate of drug-likeness (QED) is 0.449. The summed E-state index contributed by atoms with van der Waals surface area (Å²) in [6, 6.07) is 7.69. The van der Waals surface area contributed by atoms with Crippen LogP contribution in [0.25, 0.3) is 10.9 Å². The van der Waals surface area contributed by atoms with E-state index in [1.54, 1.807) is 18.3 Å². The highest BCUT2D eigenvalue weighted by Gasteiger charge is 2.25. The summed E-state index contributed by atoms with van der Waals surface area (Å²) in [5.74, 6) is -0.239. The first-order valence-corrected chi connectivity index (χ1v) is 8.51. The Labute approximate surface area is 151 Å². The van der Waals surface area contributed by atoms with Gasteiger partial charge in [0, 0.05) is 33.8 Å². The van der Waals surface area contributed by atoms with Gasteiger partial charge in [-0.2, -0.15) is 0 Å². The largest absolute Gasteiger partial charge is 0.496 e. The van der Waals surface area contributed by atoms with E-state index in [1.807, 2.05) is 13.0 Å². The fourth-order valence-electron chi connectivity index (χ4n) is 2.69. The van der Waals surface area contributed by atoms with E-state index in [1.165, 1.54) is 19.2 Å². The smallest absolute Gasteiger partial charge is 0.183 e. The normalized spacial score (nSPS) is 12.4. The number of rotatable bonds is 4. The van der Waals surface area contributed by atoms with Gasteiger partial charge in [-0.15, -0.1) is 0 Å². The number of hydrogen-bond donors (Lipinski definition) is 1. The van der Waals surface area contributed by atoms with Gasteiger partial charge in [-0.05, 0) is 24.6 Å². The molecule has 3 nitrogen and oxygen atoms in total. The molecule has 0 saturated carbocycles. The Morgan fingerprint density at radius 3 is 2.79 bits per heavy atom. The molecule has 0 amide bonds. The van der Waals surface area contributed by atoms with E-state index in [4.69, 9.17) is 16.3 Å². The van der Waals surface area contributed by atoms with E-state index in [0.717, 1.165) is 16.5 Å². The molecule has 2 aromatic carbocycles. The average molecular weight is 411 g/mol. The minimum Gasteiger partial charge on any atom is -0.496 e. The lowest BCUT2D eigenvalue weighted by Crippen LogP contribution is -2.08. The van der Waals surface area contributed by atoms with Crippen LogP contribution >= 0.6 is 27.5 Å². The SMILES string of the molecule is COc1cc(F)ccc1C(Br)C(=O)c1c[nH]c2c(C)c(Cl)ccc12. The molecule has 124 valence electrons. The van der Waals surface area contributed by atoms with Gasteiger partial charge in [0.05, 0.1) is 12.6 Å². The third-order valence-corrected chi connectivity index (χ3v) is 5.33. The first kappa shape index (κ1) is 17.0. The van der Waals surface area contributed by atoms with Crippen molar-refractivity contribution in [2.45, 2.75) is 11.8 Å². The molecule has 0 aliphatic carbocycles. The standard InChI is InChI=1S/C18H14BrClFNO2/c1-9-14(20)6-5-11-13(8-22-17(9)11)18(23)16(19)12-4-3-10(21)7-15(12)24-2/h3-8,16,22H,1-2H3. The molecule has 0 aliphatic heterocycles. The Morgan fingerprint density at radius 1 is 1.33 bits per heavy atom. The number of ketones is 1. The van der Waals surface area contributed by atoms with Gasteiger partial charge in [-0.3, -0.25) is 4.79 Å². The molecule has 1 unspecified atom stereocenters. The van der Waals surface area contributed by atoms with E-state index in [2.05, 4.69) is 20.9 Å². The Morgan fingerprint density at radius 2 is 2.08 bits per heavy atom. The molecule has 1 atom stereocenters. The molecular weight excluding hydrogens is 397 g/mol. The van der Waals surface area contributed by atoms with E-state index < -0.39 is 10.6 Å². The maximum Gasteiger partial charge on any atom is 0.183 e. The molecule has 3 aromatic rings. The summed E-state index contributed by atoms with van der Waals surface area (Å²) >= 11 is 9.54. The Kier molecular flexibility index (Phi) is 4.65. The predicted molar refractivity (Wildman–Crippen MR) is 97.0 cm³/mol. The van der Waals surface area contributed by atoms with E-state index in [0.29, 0.717) is 21.9 Å². The summed E-state index contributed by atoms with van der Waals surface area (Å²) in [7, 11) is 1.44. The van der Waals surface area contributed by atoms with Gasteiger partial charge >= 0.3 is 0 Å². The molecule has 1 N–H and O–H groups in total. The molecule has 0 radical (unpaired) electrons. The second-order valence-electron chi connectivity index (χ2n) is 5.41. The molecule has 0 saturated heterocycles. The van der Waals surface area contributed by atoms with Crippen molar-refractivity contribution in [2.75, 3.05) is 7.11 Å². The minimum atomic E-state index is -0.650. The minimum absolute atomic E-state index is 0.145. The number of fused-ring (bicyclic) bond motifs is 1. The van der Waals surface area contributed by atoms with Crippen molar-refractivity contribution in [3.63, 3.8) is 0 Å². The summed E-state index contributed by atoms with van der Waals surface area (Å²) in [6.45, 7) is 1.89. The summed E-state index contributed by atoms with van der Waals surface area (Å²) in [4.78, 5) is 15.4. The van der Waals surface area contributed by atoms with E-state index in [-0.39, 0.29) is 5.78 Å². The number of Topliss-reactive ketones (excluding diaryl/α,β-unsaturated/α-hetero) is 1. The van der Waals surface area contributed by atoms with Crippen LogP contribution in [0.15, 0.2) is 36.5 Å². The number of H-pyrrole nitrogens is 1. The lowest BCUT2D eigenvalue weighted by atomic mass is 10.0. The molecule has 0 fully saturated rings. The van der Waals surface area contributed by atoms with E-state index in [9.17, 15) is 9.18 Å². The van der Waals surface area contributed by atoms with Crippen LogP contribution < -0.4 is 4.74 Å². The lowest BCUT2D eigenvalue weighted by Gasteiger charge is -2.13. The monoisotopic (exact) mass is 409 g/mol. The zero-order chi connectivity index (χ0) is 17.4. The number of aromatic amines is 1. The highest BCUT2D eigenvalue weighted by Crippen LogP contribution is 2.36. The molecule has 1 heterocycles. The molecule has 24 heavy (non-hydrogen) atoms. The molecule has 6 heteroatoms. The molecule has 0 spiro atoms. The summed E-state index contributed by atoms with van der Waals surface area (Å²) in [5, 5.41) is 1.44. The summed E-state index contributed by atoms with van der Waals surface area (Å²) < 4.78 is 18.6. The van der Waals surface area contributed by atoms with Crippen molar-refractivity contribution in [2.24, 2.45) is 0 Å². The first-order valence-electron chi connectivity index (χ1n) is 7.22. The van der Waals surface area contributed by atoms with Gasteiger partial charge in [0.25, 0.3) is 0 Å². The number of alkyl halides is 1. The Balaban J connectivity index is 2.05. The van der Waals surface area contributed by atoms with Crippen LogP contribution in [0.2, 0.25) is 5.02 Å². The fraction of sp³-hybridized carbons (Fsp3) is 0.167. The number of hydrogen-bond acceptors (Lipinski definition) is 2. The Hall–Kier alpha value is -1.85. The second kappa shape index (κ2) is 6.57. The highest BCUT2D eigenvalue weighted by molar-refractivity contribution is 9.09. The number of carbonyl (C=O) groups is 1. The van der Waals surface area contributed by atoms with Gasteiger partial charge in [-0.1, -0.05) is 39.7 Å². The van der Waals surface area contributed by atoms with Crippen molar-refractivity contribution in [1.29, 1.82) is 0 Å². The van der Waals surface area contributed by atoms with Crippen molar-refractivity contribution >= 4 is 44.2 Å². The highest BCUT2D eigenvalue weighted by atomic mass is 79.9. The van der Waals surface area contributed by atoms with Crippen LogP contribution in [0.1, 0.15) is 26.3 Å². The fourth-order valence-corrected chi connectivity index (χ4v) is 3.48. The van der Waals surface area contributed by atoms with Crippen LogP contribution in [0.3, 0.4) is 0 Å². The van der Waals surface area contributed by atoms with Gasteiger partial charge in [0.2, 0.25) is 0 Å². The average Bonchev–Trinajstić information content (AvgIpc) is 3.01. The molecule has 1 aromatic heterocycles. The number of ether oxygens (including phenoxy) is 1. The third kappa shape index (κ3) is 2.82. The second-order valence-corrected chi connectivity index (χ2v) is 6.73. The molecule has 3 rings (SSSR count). The van der Waals surface area contributed by atoms with Crippen molar-refractivity contribution in [3.8, 4) is 5.75 Å². The van der Waals surface area contributed by atoms with Crippen LogP contribution in [-0.4, -0.2) is 17.9 Å². The maximum absolute atomic E-state index is 13.4. The number of carbonyl (C=O) groups excluding carboxylic acids is 1. The number of aromatic nitrogens is 1. The van der Waals surface area contributed by atoms with Crippen molar-refractivity contribution < 1.29 is 13.9 Å². The number of halogens is 3. The van der Waals surface area contributed by atoms with Crippen molar-refractivity contribution in [1.82, 2.24) is 4.98 Å². The zero-order valence-electron chi connectivity index (χ0n) is 13.0. The number of methoxy groups -OCH3 is 1. The van der Waals surface area contributed by atoms with Gasteiger partial charge in [0.1, 0.15) is 16.4 Å². The van der Waals surface area contributed by atoms with Crippen LogP contribution in [0.5, 0.6) is 5.75 Å². The molecule has 0 aliphatic rings. The number of aryl methyl sites for hydroxylation is 1. The summed E-state index contributed by atoms with van der Waals surface area (Å²) in [5.41, 5.74) is 2.83. The third-order valence-electron chi connectivity index (χ3n) is 4.01. The molecular formula is C18H14BrClFNO2. The first-order chi connectivity index (χ1) is 11.4. The van der Waals surface area contributed by atoms with Crippen molar-refractivity contribution in [3.05, 3.63) is 64.1 Å². The van der Waals surface area contributed by atoms with E-state index >= 15 is 0 Å². The predicted octanol–water partition coefficient (Wildman–Crippen LogP) is 5.60. The van der Waals surface area contributed by atoms with Gasteiger partial charge < -0.3 is 9.72 Å². The van der Waals surface area contributed by atoms with Gasteiger partial charge in [-0.25, -0.2) is 4.39 Å². The summed E-state index contributed by atoms with van der Waals surface area (Å²) in [6.07, 6.45) is 1.67. The van der Waals surface area contributed by atoms with Crippen LogP contribution in [0.4, 0.5) is 4.39 Å². The van der Waals surface area contributed by atoms with Crippen LogP contribution in [-0.2, 0) is 0 Å².